The first-order chi connectivity index (χ1) is 16.3. The average Bonchev–Trinajstić information content (AvgIpc) is 2.81. The van der Waals surface area contributed by atoms with Crippen molar-refractivity contribution < 1.29 is 12.8 Å². The molecule has 2 aliphatic heterocycles. The van der Waals surface area contributed by atoms with Crippen molar-refractivity contribution in [3.05, 3.63) is 93.7 Å². The zero-order valence-electron chi connectivity index (χ0n) is 18.3. The topological polar surface area (TPSA) is 95.2 Å². The molecule has 2 unspecified atom stereocenters. The maximum atomic E-state index is 13.5. The quantitative estimate of drug-likeness (QED) is 0.607. The SMILES string of the molecule is N#Cc1cccc(CN2CC3CC(C2)c2ccc(NS(=O)(=O)c4cccc(F)c4)c(=O)n2C3)c1. The lowest BCUT2D eigenvalue weighted by atomic mass is 9.83. The number of piperidine rings is 1. The maximum absolute atomic E-state index is 13.5. The number of sulfonamides is 1. The number of aromatic nitrogens is 1. The van der Waals surface area contributed by atoms with E-state index in [1.165, 1.54) is 18.2 Å². The number of hydrogen-bond acceptors (Lipinski definition) is 5. The zero-order chi connectivity index (χ0) is 23.9. The molecule has 3 aromatic rings. The fourth-order valence-corrected chi connectivity index (χ4v) is 6.18. The van der Waals surface area contributed by atoms with Crippen LogP contribution in [0.25, 0.3) is 0 Å². The van der Waals surface area contributed by atoms with E-state index >= 15 is 0 Å². The predicted molar refractivity (Wildman–Crippen MR) is 125 cm³/mol. The average molecular weight is 479 g/mol. The molecule has 0 radical (unpaired) electrons. The van der Waals surface area contributed by atoms with Crippen LogP contribution in [0.2, 0.25) is 0 Å². The number of hydrogen-bond donors (Lipinski definition) is 1. The first-order valence-electron chi connectivity index (χ1n) is 11.1. The Kier molecular flexibility index (Phi) is 5.71. The predicted octanol–water partition coefficient (Wildman–Crippen LogP) is 3.28. The normalized spacial score (nSPS) is 19.8. The highest BCUT2D eigenvalue weighted by molar-refractivity contribution is 7.92. The number of nitrogens with one attached hydrogen (secondary N) is 1. The van der Waals surface area contributed by atoms with Crippen LogP contribution in [0.15, 0.2) is 70.4 Å². The van der Waals surface area contributed by atoms with Gasteiger partial charge in [-0.05, 0) is 60.4 Å². The van der Waals surface area contributed by atoms with Gasteiger partial charge in [0.15, 0.2) is 0 Å². The van der Waals surface area contributed by atoms with Gasteiger partial charge in [-0.2, -0.15) is 5.26 Å². The van der Waals surface area contributed by atoms with Crippen LogP contribution >= 0.6 is 0 Å². The lowest BCUT2D eigenvalue weighted by molar-refractivity contribution is 0.114. The minimum absolute atomic E-state index is 0.0434. The van der Waals surface area contributed by atoms with Crippen molar-refractivity contribution >= 4 is 15.7 Å². The molecule has 9 heteroatoms. The Morgan fingerprint density at radius 1 is 1.06 bits per heavy atom. The van der Waals surface area contributed by atoms with Gasteiger partial charge < -0.3 is 4.57 Å². The van der Waals surface area contributed by atoms with Crippen molar-refractivity contribution in [2.24, 2.45) is 5.92 Å². The molecule has 34 heavy (non-hydrogen) atoms. The van der Waals surface area contributed by atoms with Crippen LogP contribution in [-0.4, -0.2) is 31.0 Å². The molecule has 0 amide bonds. The minimum atomic E-state index is -4.09. The van der Waals surface area contributed by atoms with Crippen molar-refractivity contribution in [2.75, 3.05) is 17.8 Å². The fourth-order valence-electron chi connectivity index (χ4n) is 5.09. The van der Waals surface area contributed by atoms with Crippen LogP contribution in [0.3, 0.4) is 0 Å². The number of likely N-dealkylation sites (tertiary alicyclic amines) is 1. The maximum Gasteiger partial charge on any atom is 0.275 e. The fraction of sp³-hybridized carbons (Fsp3) is 0.280. The number of nitriles is 1. The minimum Gasteiger partial charge on any atom is -0.310 e. The largest absolute Gasteiger partial charge is 0.310 e. The molecule has 1 saturated heterocycles. The van der Waals surface area contributed by atoms with Gasteiger partial charge in [0, 0.05) is 37.8 Å². The van der Waals surface area contributed by atoms with Gasteiger partial charge in [0.2, 0.25) is 0 Å². The summed E-state index contributed by atoms with van der Waals surface area (Å²) >= 11 is 0. The zero-order valence-corrected chi connectivity index (χ0v) is 19.1. The Bertz CT molecular complexity index is 1460. The summed E-state index contributed by atoms with van der Waals surface area (Å²) in [5.74, 6) is -0.242. The first-order valence-corrected chi connectivity index (χ1v) is 12.5. The number of nitrogens with zero attached hydrogens (tertiary/aromatic N) is 3. The van der Waals surface area contributed by atoms with Crippen molar-refractivity contribution in [2.45, 2.75) is 30.3 Å². The summed E-state index contributed by atoms with van der Waals surface area (Å²) in [6.45, 7) is 2.84. The van der Waals surface area contributed by atoms with Crippen LogP contribution in [-0.2, 0) is 23.1 Å². The third-order valence-corrected chi connectivity index (χ3v) is 7.86. The Labute approximate surface area is 197 Å². The Hall–Kier alpha value is -3.48. The molecule has 5 rings (SSSR count). The monoisotopic (exact) mass is 478 g/mol. The summed E-state index contributed by atoms with van der Waals surface area (Å²) in [6, 6.07) is 17.8. The number of anilines is 1. The third-order valence-electron chi connectivity index (χ3n) is 6.49. The van der Waals surface area contributed by atoms with E-state index in [-0.39, 0.29) is 28.0 Å². The van der Waals surface area contributed by atoms with E-state index in [1.807, 2.05) is 24.3 Å². The summed E-state index contributed by atoms with van der Waals surface area (Å²) in [6.07, 6.45) is 0.975. The summed E-state index contributed by atoms with van der Waals surface area (Å²) in [7, 11) is -4.09. The highest BCUT2D eigenvalue weighted by Gasteiger charge is 2.35. The second-order valence-electron chi connectivity index (χ2n) is 8.96. The molecule has 1 aromatic heterocycles. The van der Waals surface area contributed by atoms with E-state index in [0.29, 0.717) is 12.1 Å². The van der Waals surface area contributed by atoms with Crippen LogP contribution in [0.1, 0.15) is 29.2 Å². The van der Waals surface area contributed by atoms with Crippen LogP contribution in [0, 0.1) is 23.1 Å². The van der Waals surface area contributed by atoms with Crippen molar-refractivity contribution in [3.8, 4) is 6.07 Å². The van der Waals surface area contributed by atoms with Gasteiger partial charge in [0.25, 0.3) is 15.6 Å². The van der Waals surface area contributed by atoms with Gasteiger partial charge in [-0.15, -0.1) is 0 Å². The van der Waals surface area contributed by atoms with Gasteiger partial charge in [-0.1, -0.05) is 18.2 Å². The molecule has 0 saturated carbocycles. The van der Waals surface area contributed by atoms with Gasteiger partial charge >= 0.3 is 0 Å². The van der Waals surface area contributed by atoms with Crippen molar-refractivity contribution in [3.63, 3.8) is 0 Å². The van der Waals surface area contributed by atoms with E-state index < -0.39 is 15.8 Å². The van der Waals surface area contributed by atoms with Crippen LogP contribution in [0.5, 0.6) is 0 Å². The Balaban J connectivity index is 1.38. The number of benzene rings is 2. The standard InChI is InChI=1S/C25H23FN4O3S/c26-21-5-2-6-22(11-21)34(32,33)28-23-7-8-24-20-10-19(15-30(24)25(23)31)14-29(16-20)13-18-4-1-3-17(9-18)12-27/h1-9,11,19-20,28H,10,13-16H2. The smallest absolute Gasteiger partial charge is 0.275 e. The Morgan fingerprint density at radius 2 is 1.88 bits per heavy atom. The molecule has 7 nitrogen and oxygen atoms in total. The molecule has 1 N–H and O–H groups in total. The van der Waals surface area contributed by atoms with Crippen molar-refractivity contribution in [1.29, 1.82) is 5.26 Å². The molecular formula is C25H23FN4O3S. The molecule has 0 spiro atoms. The highest BCUT2D eigenvalue weighted by Crippen LogP contribution is 2.36. The van der Waals surface area contributed by atoms with Crippen LogP contribution in [0.4, 0.5) is 10.1 Å². The van der Waals surface area contributed by atoms with Crippen molar-refractivity contribution in [1.82, 2.24) is 9.47 Å². The van der Waals surface area contributed by atoms with E-state index in [1.54, 1.807) is 10.6 Å². The second-order valence-corrected chi connectivity index (χ2v) is 10.6. The summed E-state index contributed by atoms with van der Waals surface area (Å²) in [5, 5.41) is 9.15. The molecule has 2 aromatic carbocycles. The summed E-state index contributed by atoms with van der Waals surface area (Å²) in [4.78, 5) is 15.3. The third kappa shape index (κ3) is 4.34. The molecule has 0 aliphatic carbocycles. The molecular weight excluding hydrogens is 455 g/mol. The van der Waals surface area contributed by atoms with E-state index in [2.05, 4.69) is 15.7 Å². The first kappa shape index (κ1) is 22.3. The molecule has 3 heterocycles. The van der Waals surface area contributed by atoms with Gasteiger partial charge in [0.05, 0.1) is 16.5 Å². The van der Waals surface area contributed by atoms with E-state index in [4.69, 9.17) is 5.26 Å². The van der Waals surface area contributed by atoms with Crippen LogP contribution < -0.4 is 10.3 Å². The molecule has 2 bridgehead atoms. The number of fused-ring (bicyclic) bond motifs is 4. The van der Waals surface area contributed by atoms with Gasteiger partial charge in [-0.25, -0.2) is 12.8 Å². The molecule has 2 aliphatic rings. The van der Waals surface area contributed by atoms with Gasteiger partial charge in [0.1, 0.15) is 11.5 Å². The lowest BCUT2D eigenvalue weighted by Crippen LogP contribution is -2.47. The van der Waals surface area contributed by atoms with E-state index in [0.717, 1.165) is 49.4 Å². The summed E-state index contributed by atoms with van der Waals surface area (Å²) < 4.78 is 42.9. The van der Waals surface area contributed by atoms with E-state index in [9.17, 15) is 17.6 Å². The molecule has 1 fully saturated rings. The number of pyridine rings is 1. The lowest BCUT2D eigenvalue weighted by Gasteiger charge is -2.43. The Morgan fingerprint density at radius 3 is 2.68 bits per heavy atom. The number of rotatable bonds is 5. The molecule has 2 atom stereocenters. The highest BCUT2D eigenvalue weighted by atomic mass is 32.2. The second kappa shape index (κ2) is 8.70. The summed E-state index contributed by atoms with van der Waals surface area (Å²) in [5.41, 5.74) is 2.18. The van der Waals surface area contributed by atoms with Gasteiger partial charge in [-0.3, -0.25) is 14.4 Å². The number of halogens is 1. The molecule has 174 valence electrons.